The van der Waals surface area contributed by atoms with Gasteiger partial charge in [-0.3, -0.25) is 0 Å². The third-order valence-electron chi connectivity index (χ3n) is 2.67. The number of hydrogen-bond donors (Lipinski definition) is 3. The fraction of sp³-hybridized carbons (Fsp3) is 0.875. The second kappa shape index (κ2) is 4.80. The van der Waals surface area contributed by atoms with Crippen LogP contribution in [0, 0.1) is 0 Å². The topological polar surface area (TPSA) is 105 Å². The van der Waals surface area contributed by atoms with Gasteiger partial charge in [-0.2, -0.15) is 0 Å². The van der Waals surface area contributed by atoms with Gasteiger partial charge in [-0.15, -0.1) is 0 Å². The summed E-state index contributed by atoms with van der Waals surface area (Å²) < 4.78 is 22.9. The van der Waals surface area contributed by atoms with Gasteiger partial charge in [0.25, 0.3) is 0 Å². The zero-order valence-electron chi connectivity index (χ0n) is 8.68. The van der Waals surface area contributed by atoms with Crippen molar-refractivity contribution in [2.24, 2.45) is 10.9 Å². The average molecular weight is 235 g/mol. The number of hydrogen-bond acceptors (Lipinski definition) is 5. The summed E-state index contributed by atoms with van der Waals surface area (Å²) in [7, 11) is -2.92. The van der Waals surface area contributed by atoms with Crippen molar-refractivity contribution < 1.29 is 13.6 Å². The molecule has 6 nitrogen and oxygen atoms in total. The Labute approximate surface area is 89.4 Å². The summed E-state index contributed by atoms with van der Waals surface area (Å²) in [5.74, 6) is 0.336. The van der Waals surface area contributed by atoms with Crippen molar-refractivity contribution in [2.75, 3.05) is 12.3 Å². The second-order valence-corrected chi connectivity index (χ2v) is 6.19. The fourth-order valence-electron chi connectivity index (χ4n) is 1.59. The van der Waals surface area contributed by atoms with E-state index in [-0.39, 0.29) is 22.9 Å². The Kier molecular flexibility index (Phi) is 3.92. The van der Waals surface area contributed by atoms with Gasteiger partial charge < -0.3 is 16.3 Å². The van der Waals surface area contributed by atoms with E-state index >= 15 is 0 Å². The first-order chi connectivity index (χ1) is 6.97. The smallest absolute Gasteiger partial charge is 0.156 e. The van der Waals surface area contributed by atoms with E-state index in [1.54, 1.807) is 6.92 Å². The molecule has 15 heavy (non-hydrogen) atoms. The van der Waals surface area contributed by atoms with E-state index in [1.165, 1.54) is 0 Å². The molecule has 0 saturated carbocycles. The summed E-state index contributed by atoms with van der Waals surface area (Å²) in [4.78, 5) is 0. The molecule has 1 saturated heterocycles. The van der Waals surface area contributed by atoms with E-state index in [4.69, 9.17) is 10.9 Å². The molecule has 1 heterocycles. The van der Waals surface area contributed by atoms with Gasteiger partial charge in [0.15, 0.2) is 15.7 Å². The molecule has 1 rings (SSSR count). The zero-order chi connectivity index (χ0) is 11.5. The summed E-state index contributed by atoms with van der Waals surface area (Å²) in [6, 6.07) is -0.314. The van der Waals surface area contributed by atoms with Crippen LogP contribution in [0.3, 0.4) is 0 Å². The Morgan fingerprint density at radius 3 is 2.87 bits per heavy atom. The van der Waals surface area contributed by atoms with Crippen LogP contribution in [0.15, 0.2) is 5.16 Å². The zero-order valence-corrected chi connectivity index (χ0v) is 9.50. The van der Waals surface area contributed by atoms with Gasteiger partial charge >= 0.3 is 0 Å². The van der Waals surface area contributed by atoms with Crippen molar-refractivity contribution in [3.8, 4) is 0 Å². The maximum absolute atomic E-state index is 11.5. The molecule has 0 aromatic carbocycles. The lowest BCUT2D eigenvalue weighted by molar-refractivity contribution is 0.315. The van der Waals surface area contributed by atoms with Crippen LogP contribution in [-0.2, 0) is 9.84 Å². The van der Waals surface area contributed by atoms with E-state index in [0.29, 0.717) is 13.0 Å². The Bertz CT molecular complexity index is 339. The highest BCUT2D eigenvalue weighted by atomic mass is 32.2. The predicted octanol–water partition coefficient (Wildman–Crippen LogP) is -0.712. The summed E-state index contributed by atoms with van der Waals surface area (Å²) in [5, 5.41) is 13.9. The molecule has 0 bridgehead atoms. The van der Waals surface area contributed by atoms with Crippen LogP contribution in [0.5, 0.6) is 0 Å². The minimum Gasteiger partial charge on any atom is -0.409 e. The first kappa shape index (κ1) is 12.3. The van der Waals surface area contributed by atoms with Crippen LogP contribution >= 0.6 is 0 Å². The number of sulfone groups is 1. The van der Waals surface area contributed by atoms with E-state index in [0.717, 1.165) is 6.42 Å². The number of nitrogens with two attached hydrogens (primary N) is 1. The molecular formula is C8H17N3O3S. The van der Waals surface area contributed by atoms with Crippen LogP contribution in [0.25, 0.3) is 0 Å². The van der Waals surface area contributed by atoms with Gasteiger partial charge in [-0.1, -0.05) is 5.16 Å². The number of amidine groups is 1. The molecule has 0 spiro atoms. The number of nitrogens with zero attached hydrogens (tertiary/aromatic N) is 1. The number of nitrogens with one attached hydrogen (secondary N) is 1. The SMILES string of the molecule is CC(NCC1CCCS1(=O)=O)C(N)=NO. The van der Waals surface area contributed by atoms with Gasteiger partial charge in [-0.05, 0) is 19.8 Å². The Morgan fingerprint density at radius 2 is 2.40 bits per heavy atom. The second-order valence-electron chi connectivity index (χ2n) is 3.79. The van der Waals surface area contributed by atoms with Crippen molar-refractivity contribution in [3.05, 3.63) is 0 Å². The van der Waals surface area contributed by atoms with Gasteiger partial charge in [0.2, 0.25) is 0 Å². The van der Waals surface area contributed by atoms with E-state index in [1.807, 2.05) is 0 Å². The van der Waals surface area contributed by atoms with Gasteiger partial charge in [0.05, 0.1) is 17.0 Å². The van der Waals surface area contributed by atoms with Crippen molar-refractivity contribution >= 4 is 15.7 Å². The maximum atomic E-state index is 11.5. The fourth-order valence-corrected chi connectivity index (χ4v) is 3.37. The predicted molar refractivity (Wildman–Crippen MR) is 57.7 cm³/mol. The Morgan fingerprint density at radius 1 is 1.73 bits per heavy atom. The lowest BCUT2D eigenvalue weighted by Crippen LogP contribution is -2.43. The molecule has 1 fully saturated rings. The van der Waals surface area contributed by atoms with Crippen molar-refractivity contribution in [2.45, 2.75) is 31.1 Å². The lowest BCUT2D eigenvalue weighted by atomic mass is 10.2. The average Bonchev–Trinajstić information content (AvgIpc) is 2.53. The Hall–Kier alpha value is -0.820. The summed E-state index contributed by atoms with van der Waals surface area (Å²) in [5.41, 5.74) is 5.36. The van der Waals surface area contributed by atoms with Crippen molar-refractivity contribution in [1.82, 2.24) is 5.32 Å². The van der Waals surface area contributed by atoms with E-state index in [2.05, 4.69) is 10.5 Å². The minimum atomic E-state index is -2.92. The molecule has 0 aromatic heterocycles. The lowest BCUT2D eigenvalue weighted by Gasteiger charge is -2.15. The van der Waals surface area contributed by atoms with Gasteiger partial charge in [0, 0.05) is 6.54 Å². The molecular weight excluding hydrogens is 218 g/mol. The molecule has 0 aromatic rings. The highest BCUT2D eigenvalue weighted by Gasteiger charge is 2.31. The first-order valence-electron chi connectivity index (χ1n) is 4.89. The molecule has 2 unspecified atom stereocenters. The summed E-state index contributed by atoms with van der Waals surface area (Å²) in [6.07, 6.45) is 1.42. The highest BCUT2D eigenvalue weighted by molar-refractivity contribution is 7.92. The third-order valence-corrected chi connectivity index (χ3v) is 4.95. The van der Waals surface area contributed by atoms with Gasteiger partial charge in [-0.25, -0.2) is 8.42 Å². The largest absolute Gasteiger partial charge is 0.409 e. The normalized spacial score (nSPS) is 27.8. The number of rotatable bonds is 4. The monoisotopic (exact) mass is 235 g/mol. The quantitative estimate of drug-likeness (QED) is 0.258. The van der Waals surface area contributed by atoms with Gasteiger partial charge in [0.1, 0.15) is 0 Å². The molecule has 0 amide bonds. The Balaban J connectivity index is 2.44. The third kappa shape index (κ3) is 3.07. The first-order valence-corrected chi connectivity index (χ1v) is 6.61. The molecule has 0 aliphatic carbocycles. The maximum Gasteiger partial charge on any atom is 0.156 e. The molecule has 4 N–H and O–H groups in total. The van der Waals surface area contributed by atoms with E-state index in [9.17, 15) is 8.42 Å². The number of oxime groups is 1. The van der Waals surface area contributed by atoms with Crippen LogP contribution in [-0.4, -0.2) is 43.1 Å². The van der Waals surface area contributed by atoms with Crippen LogP contribution in [0.1, 0.15) is 19.8 Å². The minimum absolute atomic E-state index is 0.0606. The van der Waals surface area contributed by atoms with E-state index < -0.39 is 9.84 Å². The van der Waals surface area contributed by atoms with Crippen molar-refractivity contribution in [1.29, 1.82) is 0 Å². The summed E-state index contributed by atoms with van der Waals surface area (Å²) in [6.45, 7) is 2.08. The molecule has 0 radical (unpaired) electrons. The standard InChI is InChI=1S/C8H17N3O3S/c1-6(8(9)11-12)10-5-7-3-2-4-15(7,13)14/h6-7,10,12H,2-5H2,1H3,(H2,9,11). The van der Waals surface area contributed by atoms with Crippen LogP contribution in [0.4, 0.5) is 0 Å². The molecule has 1 aliphatic rings. The molecule has 7 heteroatoms. The highest BCUT2D eigenvalue weighted by Crippen LogP contribution is 2.19. The molecule has 2 atom stereocenters. The molecule has 88 valence electrons. The van der Waals surface area contributed by atoms with Crippen molar-refractivity contribution in [3.63, 3.8) is 0 Å². The molecule has 1 aliphatic heterocycles. The van der Waals surface area contributed by atoms with Crippen LogP contribution < -0.4 is 11.1 Å². The summed E-state index contributed by atoms with van der Waals surface area (Å²) >= 11 is 0. The van der Waals surface area contributed by atoms with Crippen LogP contribution in [0.2, 0.25) is 0 Å².